The van der Waals surface area contributed by atoms with Crippen LogP contribution in [0.1, 0.15) is 10.4 Å². The third-order valence-corrected chi connectivity index (χ3v) is 7.00. The number of carbonyl (C=O) groups is 1. The van der Waals surface area contributed by atoms with Gasteiger partial charge >= 0.3 is 26.9 Å². The predicted molar refractivity (Wildman–Crippen MR) is 142 cm³/mol. The van der Waals surface area contributed by atoms with Crippen molar-refractivity contribution in [2.75, 3.05) is 4.31 Å². The number of hydrogen-bond acceptors (Lipinski definition) is 7. The SMILES string of the molecule is O=C(O)c1ccc(N(c2c(-c3ccccc3OS(=O)(=O)F)nc3cc(-c4ccccc4)ccn23)S(=O)(=O)F)cc1. The molecule has 10 nitrogen and oxygen atoms in total. The fourth-order valence-corrected chi connectivity index (χ4v) is 5.26. The minimum atomic E-state index is -5.61. The Kier molecular flexibility index (Phi) is 6.73. The molecule has 0 aliphatic rings. The van der Waals surface area contributed by atoms with Crippen molar-refractivity contribution in [1.29, 1.82) is 0 Å². The van der Waals surface area contributed by atoms with Crippen LogP contribution in [0.25, 0.3) is 28.0 Å². The molecule has 5 rings (SSSR count). The fraction of sp³-hybridized carbons (Fsp3) is 0. The van der Waals surface area contributed by atoms with Crippen LogP contribution in [0.2, 0.25) is 0 Å². The van der Waals surface area contributed by atoms with Crippen LogP contribution in [0.15, 0.2) is 97.2 Å². The molecule has 14 heteroatoms. The van der Waals surface area contributed by atoms with Crippen molar-refractivity contribution in [2.45, 2.75) is 0 Å². The van der Waals surface area contributed by atoms with Gasteiger partial charge in [-0.05, 0) is 59.7 Å². The summed E-state index contributed by atoms with van der Waals surface area (Å²) in [6.07, 6.45) is 1.43. The highest BCUT2D eigenvalue weighted by atomic mass is 32.3. The van der Waals surface area contributed by atoms with E-state index < -0.39 is 38.5 Å². The molecule has 1 N–H and O–H groups in total. The highest BCUT2D eigenvalue weighted by Crippen LogP contribution is 2.42. The van der Waals surface area contributed by atoms with E-state index in [1.165, 1.54) is 28.8 Å². The summed E-state index contributed by atoms with van der Waals surface area (Å²) in [6.45, 7) is 0. The monoisotopic (exact) mass is 585 g/mol. The number of carboxylic acid groups (broad SMARTS) is 1. The summed E-state index contributed by atoms with van der Waals surface area (Å²) in [5.74, 6) is -2.23. The number of aromatic nitrogens is 2. The summed E-state index contributed by atoms with van der Waals surface area (Å²) in [5, 5.41) is 9.22. The van der Waals surface area contributed by atoms with Crippen LogP contribution in [-0.4, -0.2) is 37.3 Å². The van der Waals surface area contributed by atoms with E-state index in [-0.39, 0.29) is 32.5 Å². The molecule has 204 valence electrons. The number of imidazole rings is 1. The van der Waals surface area contributed by atoms with Gasteiger partial charge in [-0.15, -0.1) is 0 Å². The average Bonchev–Trinajstić information content (AvgIpc) is 3.26. The zero-order valence-electron chi connectivity index (χ0n) is 20.0. The van der Waals surface area contributed by atoms with E-state index in [0.717, 1.165) is 35.9 Å². The van der Waals surface area contributed by atoms with Crippen LogP contribution < -0.4 is 8.49 Å². The maximum absolute atomic E-state index is 15.1. The van der Waals surface area contributed by atoms with E-state index in [1.54, 1.807) is 12.1 Å². The number of hydrogen-bond donors (Lipinski definition) is 1. The standard InChI is InChI=1S/C26H17F2N3O7S2/c27-39(34,35)31(20-12-10-18(11-13-20)26(32)33)25-24(21-8-4-5-9-22(21)38-40(28,36)37)29-23-16-19(14-15-30(23)25)17-6-2-1-3-7-17/h1-16H,(H,32,33). The Bertz CT molecular complexity index is 1960. The molecule has 0 saturated heterocycles. The summed E-state index contributed by atoms with van der Waals surface area (Å²) in [6, 6.07) is 21.8. The molecule has 0 aliphatic carbocycles. The van der Waals surface area contributed by atoms with Crippen molar-refractivity contribution in [2.24, 2.45) is 0 Å². The number of nitrogens with zero attached hydrogens (tertiary/aromatic N) is 3. The van der Waals surface area contributed by atoms with E-state index in [1.807, 2.05) is 30.3 Å². The molecule has 0 fully saturated rings. The van der Waals surface area contributed by atoms with Gasteiger partial charge in [-0.1, -0.05) is 50.2 Å². The Morgan fingerprint density at radius 1 is 0.850 bits per heavy atom. The summed E-state index contributed by atoms with van der Waals surface area (Å²) in [5.41, 5.74) is 0.680. The summed E-state index contributed by atoms with van der Waals surface area (Å²) >= 11 is 0. The number of pyridine rings is 1. The minimum Gasteiger partial charge on any atom is -0.478 e. The molecule has 5 aromatic rings. The number of rotatable bonds is 8. The number of fused-ring (bicyclic) bond motifs is 1. The first-order chi connectivity index (χ1) is 18.9. The van der Waals surface area contributed by atoms with Crippen molar-refractivity contribution in [3.05, 3.63) is 103 Å². The van der Waals surface area contributed by atoms with Crippen LogP contribution in [-0.2, 0) is 20.9 Å². The second-order valence-electron chi connectivity index (χ2n) is 8.32. The van der Waals surface area contributed by atoms with Crippen LogP contribution in [0.3, 0.4) is 0 Å². The van der Waals surface area contributed by atoms with E-state index in [4.69, 9.17) is 0 Å². The maximum Gasteiger partial charge on any atom is 0.488 e. The molecule has 2 aromatic heterocycles. The van der Waals surface area contributed by atoms with E-state index in [9.17, 15) is 30.6 Å². The van der Waals surface area contributed by atoms with Crippen molar-refractivity contribution in [1.82, 2.24) is 9.38 Å². The van der Waals surface area contributed by atoms with Gasteiger partial charge in [0, 0.05) is 11.8 Å². The smallest absolute Gasteiger partial charge is 0.478 e. The van der Waals surface area contributed by atoms with Gasteiger partial charge in [-0.2, -0.15) is 21.1 Å². The summed E-state index contributed by atoms with van der Waals surface area (Å²) < 4.78 is 82.4. The zero-order chi connectivity index (χ0) is 28.7. The van der Waals surface area contributed by atoms with Crippen molar-refractivity contribution in [3.63, 3.8) is 0 Å². The molecule has 0 saturated carbocycles. The van der Waals surface area contributed by atoms with Crippen LogP contribution in [0.4, 0.5) is 19.3 Å². The molecule has 0 amide bonds. The first-order valence-electron chi connectivity index (χ1n) is 11.3. The van der Waals surface area contributed by atoms with Gasteiger partial charge in [-0.25, -0.2) is 9.78 Å². The summed E-state index contributed by atoms with van der Waals surface area (Å²) in [4.78, 5) is 15.8. The first-order valence-corrected chi connectivity index (χ1v) is 14.0. The minimum absolute atomic E-state index is 0.125. The lowest BCUT2D eigenvalue weighted by Gasteiger charge is -2.21. The molecular formula is C26H17F2N3O7S2. The highest BCUT2D eigenvalue weighted by Gasteiger charge is 2.32. The van der Waals surface area contributed by atoms with Gasteiger partial charge in [-0.3, -0.25) is 4.40 Å². The lowest BCUT2D eigenvalue weighted by molar-refractivity contribution is 0.0697. The van der Waals surface area contributed by atoms with Crippen LogP contribution in [0.5, 0.6) is 5.75 Å². The predicted octanol–water partition coefficient (Wildman–Crippen LogP) is 5.31. The van der Waals surface area contributed by atoms with Gasteiger partial charge in [0.2, 0.25) is 0 Å². The Balaban J connectivity index is 1.83. The van der Waals surface area contributed by atoms with E-state index in [2.05, 4.69) is 9.17 Å². The van der Waals surface area contributed by atoms with E-state index >= 15 is 3.89 Å². The molecule has 0 unspecified atom stereocenters. The van der Waals surface area contributed by atoms with Gasteiger partial charge in [0.25, 0.3) is 0 Å². The van der Waals surface area contributed by atoms with Crippen molar-refractivity contribution in [3.8, 4) is 28.1 Å². The molecule has 3 aromatic carbocycles. The molecule has 0 aliphatic heterocycles. The Hall–Kier alpha value is -4.82. The molecule has 0 spiro atoms. The van der Waals surface area contributed by atoms with Crippen LogP contribution >= 0.6 is 0 Å². The largest absolute Gasteiger partial charge is 0.488 e. The number of halogens is 2. The maximum atomic E-state index is 15.1. The van der Waals surface area contributed by atoms with Crippen molar-refractivity contribution < 1.29 is 38.7 Å². The molecule has 0 atom stereocenters. The van der Waals surface area contributed by atoms with Crippen LogP contribution in [0, 0.1) is 0 Å². The Labute approximate surface area is 227 Å². The third-order valence-electron chi connectivity index (χ3n) is 5.80. The second-order valence-corrected chi connectivity index (χ2v) is 10.5. The number of aromatic carboxylic acids is 1. The van der Waals surface area contributed by atoms with E-state index in [0.29, 0.717) is 5.56 Å². The van der Waals surface area contributed by atoms with Crippen molar-refractivity contribution >= 4 is 44.0 Å². The molecule has 40 heavy (non-hydrogen) atoms. The first kappa shape index (κ1) is 26.8. The number of para-hydroxylation sites is 1. The molecule has 0 bridgehead atoms. The average molecular weight is 586 g/mol. The van der Waals surface area contributed by atoms with Gasteiger partial charge < -0.3 is 9.29 Å². The van der Waals surface area contributed by atoms with Gasteiger partial charge in [0.15, 0.2) is 11.6 Å². The highest BCUT2D eigenvalue weighted by molar-refractivity contribution is 7.88. The van der Waals surface area contributed by atoms with Gasteiger partial charge in [0.1, 0.15) is 11.3 Å². The zero-order valence-corrected chi connectivity index (χ0v) is 21.7. The molecular weight excluding hydrogens is 568 g/mol. The second kappa shape index (κ2) is 10.1. The summed E-state index contributed by atoms with van der Waals surface area (Å²) in [7, 11) is -11.1. The lowest BCUT2D eigenvalue weighted by atomic mass is 10.1. The molecule has 0 radical (unpaired) electrons. The number of anilines is 2. The topological polar surface area (TPSA) is 135 Å². The lowest BCUT2D eigenvalue weighted by Crippen LogP contribution is -2.24. The Morgan fingerprint density at radius 3 is 2.12 bits per heavy atom. The Morgan fingerprint density at radius 2 is 1.50 bits per heavy atom. The molecule has 2 heterocycles. The quantitative estimate of drug-likeness (QED) is 0.242. The normalized spacial score (nSPS) is 11.8. The third kappa shape index (κ3) is 5.34. The number of carboxylic acids is 1. The number of benzene rings is 3. The fourth-order valence-electron chi connectivity index (χ4n) is 4.15. The van der Waals surface area contributed by atoms with Gasteiger partial charge in [0.05, 0.1) is 11.3 Å².